The van der Waals surface area contributed by atoms with Gasteiger partial charge in [0.2, 0.25) is 0 Å². The smallest absolute Gasteiger partial charge is 0.254 e. The van der Waals surface area contributed by atoms with E-state index in [1.54, 1.807) is 0 Å². The first-order valence-corrected chi connectivity index (χ1v) is 7.95. The lowest BCUT2D eigenvalue weighted by Gasteiger charge is -2.38. The Morgan fingerprint density at radius 3 is 2.76 bits per heavy atom. The number of carbonyl (C=O) groups is 1. The highest BCUT2D eigenvalue weighted by Crippen LogP contribution is 2.31. The molecular weight excluding hydrogens is 266 g/mol. The van der Waals surface area contributed by atoms with E-state index in [4.69, 9.17) is 9.47 Å². The maximum atomic E-state index is 12.8. The van der Waals surface area contributed by atoms with Crippen LogP contribution in [0, 0.1) is 0 Å². The van der Waals surface area contributed by atoms with Crippen molar-refractivity contribution in [1.29, 1.82) is 0 Å². The number of fused-ring (bicyclic) bond motifs is 1. The van der Waals surface area contributed by atoms with Crippen molar-refractivity contribution in [2.75, 3.05) is 26.3 Å². The van der Waals surface area contributed by atoms with Crippen LogP contribution in [-0.4, -0.2) is 42.9 Å². The minimum atomic E-state index is -0.537. The summed E-state index contributed by atoms with van der Waals surface area (Å²) in [6.07, 6.45) is 5.30. The number of nitrogens with zero attached hydrogens (tertiary/aromatic N) is 1. The monoisotopic (exact) mass is 287 g/mol. The number of hydrogen-bond donors (Lipinski definition) is 0. The fourth-order valence-electron chi connectivity index (χ4n) is 3.78. The minimum Gasteiger partial charge on any atom is -0.346 e. The van der Waals surface area contributed by atoms with Gasteiger partial charge in [-0.05, 0) is 48.9 Å². The number of hydrogen-bond acceptors (Lipinski definition) is 3. The Morgan fingerprint density at radius 1 is 1.10 bits per heavy atom. The Hall–Kier alpha value is -1.39. The number of rotatable bonds is 1. The molecule has 2 heterocycles. The van der Waals surface area contributed by atoms with Crippen LogP contribution in [0.5, 0.6) is 0 Å². The van der Waals surface area contributed by atoms with E-state index in [0.29, 0.717) is 19.8 Å². The van der Waals surface area contributed by atoms with Gasteiger partial charge < -0.3 is 14.4 Å². The molecule has 0 unspecified atom stereocenters. The molecule has 4 nitrogen and oxygen atoms in total. The fraction of sp³-hybridized carbons (Fsp3) is 0.588. The van der Waals surface area contributed by atoms with Crippen molar-refractivity contribution in [1.82, 2.24) is 4.90 Å². The van der Waals surface area contributed by atoms with Gasteiger partial charge in [-0.2, -0.15) is 0 Å². The maximum absolute atomic E-state index is 12.8. The van der Waals surface area contributed by atoms with Gasteiger partial charge in [0, 0.05) is 18.5 Å². The zero-order chi connectivity index (χ0) is 14.3. The summed E-state index contributed by atoms with van der Waals surface area (Å²) in [6, 6.07) is 6.18. The molecule has 1 aromatic rings. The molecule has 4 rings (SSSR count). The Morgan fingerprint density at radius 2 is 1.90 bits per heavy atom. The topological polar surface area (TPSA) is 38.8 Å². The molecule has 0 radical (unpaired) electrons. The molecule has 2 aliphatic heterocycles. The van der Waals surface area contributed by atoms with Gasteiger partial charge in [0.05, 0.1) is 19.8 Å². The minimum absolute atomic E-state index is 0.114. The third kappa shape index (κ3) is 2.36. The first kappa shape index (κ1) is 13.3. The first-order chi connectivity index (χ1) is 10.3. The number of carbonyl (C=O) groups excluding carboxylic acids is 1. The van der Waals surface area contributed by atoms with E-state index >= 15 is 0 Å². The number of likely N-dealkylation sites (tertiary alicyclic amines) is 1. The molecule has 112 valence electrons. The van der Waals surface area contributed by atoms with Crippen LogP contribution in [0.4, 0.5) is 0 Å². The normalized spacial score (nSPS) is 23.5. The molecular formula is C17H21NO3. The van der Waals surface area contributed by atoms with Crippen molar-refractivity contribution in [3.8, 4) is 0 Å². The van der Waals surface area contributed by atoms with E-state index in [-0.39, 0.29) is 5.91 Å². The molecule has 2 fully saturated rings. The van der Waals surface area contributed by atoms with E-state index in [1.165, 1.54) is 17.5 Å². The molecule has 3 aliphatic rings. The third-order valence-electron chi connectivity index (χ3n) is 4.86. The molecule has 21 heavy (non-hydrogen) atoms. The van der Waals surface area contributed by atoms with Crippen molar-refractivity contribution >= 4 is 5.91 Å². The van der Waals surface area contributed by atoms with E-state index in [2.05, 4.69) is 12.1 Å². The highest BCUT2D eigenvalue weighted by atomic mass is 16.7. The van der Waals surface area contributed by atoms with Crippen LogP contribution in [0.1, 0.15) is 40.7 Å². The standard InChI is InChI=1S/C17H21NO3/c19-16(15-6-5-13-3-1-4-14(13)11-15)18-8-2-7-17(12-18)20-9-10-21-17/h5-6,11H,1-4,7-10,12H2. The van der Waals surface area contributed by atoms with Gasteiger partial charge in [-0.15, -0.1) is 0 Å². The number of ether oxygens (including phenoxy) is 2. The lowest BCUT2D eigenvalue weighted by Crippen LogP contribution is -2.51. The van der Waals surface area contributed by atoms with Crippen LogP contribution in [0.25, 0.3) is 0 Å². The summed E-state index contributed by atoms with van der Waals surface area (Å²) in [6.45, 7) is 2.63. The average Bonchev–Trinajstić information content (AvgIpc) is 3.15. The van der Waals surface area contributed by atoms with Crippen LogP contribution in [-0.2, 0) is 22.3 Å². The van der Waals surface area contributed by atoms with Crippen molar-refractivity contribution in [3.05, 3.63) is 34.9 Å². The summed E-state index contributed by atoms with van der Waals surface area (Å²) in [7, 11) is 0. The number of amides is 1. The molecule has 1 amide bonds. The molecule has 0 saturated carbocycles. The molecule has 0 bridgehead atoms. The fourth-order valence-corrected chi connectivity index (χ4v) is 3.78. The SMILES string of the molecule is O=C(c1ccc2c(c1)CCC2)N1CCCC2(C1)OCCO2. The van der Waals surface area contributed by atoms with Gasteiger partial charge in [-0.3, -0.25) is 4.79 Å². The van der Waals surface area contributed by atoms with E-state index in [1.807, 2.05) is 11.0 Å². The second-order valence-corrected chi connectivity index (χ2v) is 6.27. The summed E-state index contributed by atoms with van der Waals surface area (Å²) in [4.78, 5) is 14.6. The van der Waals surface area contributed by atoms with E-state index < -0.39 is 5.79 Å². The van der Waals surface area contributed by atoms with E-state index in [9.17, 15) is 4.79 Å². The predicted molar refractivity (Wildman–Crippen MR) is 78.2 cm³/mol. The number of benzene rings is 1. The molecule has 0 atom stereocenters. The molecule has 1 aliphatic carbocycles. The Kier molecular flexibility index (Phi) is 3.23. The Balaban J connectivity index is 1.54. The van der Waals surface area contributed by atoms with Crippen LogP contribution < -0.4 is 0 Å². The third-order valence-corrected chi connectivity index (χ3v) is 4.86. The highest BCUT2D eigenvalue weighted by Gasteiger charge is 2.42. The average molecular weight is 287 g/mol. The lowest BCUT2D eigenvalue weighted by molar-refractivity contribution is -0.183. The molecule has 0 aromatic heterocycles. The van der Waals surface area contributed by atoms with Crippen LogP contribution >= 0.6 is 0 Å². The molecule has 4 heteroatoms. The summed E-state index contributed by atoms with van der Waals surface area (Å²) < 4.78 is 11.5. The van der Waals surface area contributed by atoms with Gasteiger partial charge in [0.15, 0.2) is 5.79 Å². The number of aryl methyl sites for hydroxylation is 2. The van der Waals surface area contributed by atoms with Gasteiger partial charge in [0.25, 0.3) is 5.91 Å². The Labute approximate surface area is 125 Å². The first-order valence-electron chi connectivity index (χ1n) is 7.95. The van der Waals surface area contributed by atoms with E-state index in [0.717, 1.165) is 37.8 Å². The van der Waals surface area contributed by atoms with Crippen molar-refractivity contribution in [3.63, 3.8) is 0 Å². The van der Waals surface area contributed by atoms with Crippen LogP contribution in [0.2, 0.25) is 0 Å². The molecule has 1 aromatic carbocycles. The number of piperidine rings is 1. The predicted octanol–water partition coefficient (Wildman–Crippen LogP) is 2.15. The van der Waals surface area contributed by atoms with Gasteiger partial charge in [0.1, 0.15) is 0 Å². The second-order valence-electron chi connectivity index (χ2n) is 6.27. The van der Waals surface area contributed by atoms with Crippen molar-refractivity contribution < 1.29 is 14.3 Å². The van der Waals surface area contributed by atoms with Crippen molar-refractivity contribution in [2.24, 2.45) is 0 Å². The van der Waals surface area contributed by atoms with Crippen LogP contribution in [0.3, 0.4) is 0 Å². The van der Waals surface area contributed by atoms with Gasteiger partial charge >= 0.3 is 0 Å². The lowest BCUT2D eigenvalue weighted by atomic mass is 10.0. The summed E-state index contributed by atoms with van der Waals surface area (Å²) in [5.74, 6) is -0.423. The maximum Gasteiger partial charge on any atom is 0.254 e. The quantitative estimate of drug-likeness (QED) is 0.794. The van der Waals surface area contributed by atoms with Gasteiger partial charge in [-0.1, -0.05) is 6.07 Å². The highest BCUT2D eigenvalue weighted by molar-refractivity contribution is 5.94. The van der Waals surface area contributed by atoms with Crippen LogP contribution in [0.15, 0.2) is 18.2 Å². The second kappa shape index (κ2) is 5.11. The largest absolute Gasteiger partial charge is 0.346 e. The molecule has 0 N–H and O–H groups in total. The molecule has 1 spiro atoms. The zero-order valence-corrected chi connectivity index (χ0v) is 12.3. The summed E-state index contributed by atoms with van der Waals surface area (Å²) in [5, 5.41) is 0. The molecule has 2 saturated heterocycles. The summed E-state index contributed by atoms with van der Waals surface area (Å²) in [5.41, 5.74) is 3.57. The van der Waals surface area contributed by atoms with Crippen molar-refractivity contribution in [2.45, 2.75) is 37.9 Å². The Bertz CT molecular complexity index is 563. The van der Waals surface area contributed by atoms with Gasteiger partial charge in [-0.25, -0.2) is 0 Å². The summed E-state index contributed by atoms with van der Waals surface area (Å²) >= 11 is 0. The zero-order valence-electron chi connectivity index (χ0n) is 12.3.